The number of rotatable bonds is 3. The van der Waals surface area contributed by atoms with Crippen LogP contribution in [0.15, 0.2) is 84.9 Å². The highest BCUT2D eigenvalue weighted by Crippen LogP contribution is 2.35. The van der Waals surface area contributed by atoms with E-state index in [4.69, 9.17) is 0 Å². The summed E-state index contributed by atoms with van der Waals surface area (Å²) in [5.74, 6) is 2.57. The standard InChI is InChI=1S/C25H18FNO3S/c1-31(29,30)27(20-7-3-2-4-8-20)16-15-18-11-12-19(26)17-24(18)22-13-14-25(28)23-10-6-5-9-21(22)23/h2-14,17,28H,1H3. The molecule has 31 heavy (non-hydrogen) atoms. The maximum Gasteiger partial charge on any atom is 0.243 e. The molecule has 0 heterocycles. The smallest absolute Gasteiger partial charge is 0.243 e. The van der Waals surface area contributed by atoms with Crippen LogP contribution in [0.2, 0.25) is 0 Å². The summed E-state index contributed by atoms with van der Waals surface area (Å²) in [6, 6.07) is 25.9. The lowest BCUT2D eigenvalue weighted by molar-refractivity contribution is 0.481. The normalized spacial score (nSPS) is 11.0. The van der Waals surface area contributed by atoms with E-state index in [1.807, 2.05) is 18.2 Å². The monoisotopic (exact) mass is 431 g/mol. The summed E-state index contributed by atoms with van der Waals surface area (Å²) < 4.78 is 39.8. The predicted molar refractivity (Wildman–Crippen MR) is 122 cm³/mol. The molecule has 0 saturated heterocycles. The van der Waals surface area contributed by atoms with Crippen LogP contribution in [-0.4, -0.2) is 19.8 Å². The molecular formula is C25H18FNO3S. The molecule has 0 aliphatic carbocycles. The lowest BCUT2D eigenvalue weighted by Crippen LogP contribution is -2.24. The van der Waals surface area contributed by atoms with E-state index in [-0.39, 0.29) is 5.75 Å². The number of hydrogen-bond acceptors (Lipinski definition) is 3. The molecular weight excluding hydrogens is 413 g/mol. The van der Waals surface area contributed by atoms with Crippen LogP contribution in [0, 0.1) is 17.8 Å². The molecule has 0 radical (unpaired) electrons. The van der Waals surface area contributed by atoms with Gasteiger partial charge in [0.1, 0.15) is 11.6 Å². The molecule has 0 amide bonds. The van der Waals surface area contributed by atoms with Gasteiger partial charge in [0.2, 0.25) is 10.0 Å². The van der Waals surface area contributed by atoms with Crippen LogP contribution in [0.3, 0.4) is 0 Å². The maximum atomic E-state index is 14.2. The number of hydrogen-bond donors (Lipinski definition) is 1. The fourth-order valence-electron chi connectivity index (χ4n) is 3.38. The van der Waals surface area contributed by atoms with E-state index in [0.717, 1.165) is 15.9 Å². The van der Waals surface area contributed by atoms with Crippen molar-refractivity contribution in [1.29, 1.82) is 0 Å². The summed E-state index contributed by atoms with van der Waals surface area (Å²) in [6.45, 7) is 0. The highest BCUT2D eigenvalue weighted by molar-refractivity contribution is 7.92. The molecule has 0 aliphatic heterocycles. The zero-order chi connectivity index (χ0) is 22.0. The molecule has 6 heteroatoms. The van der Waals surface area contributed by atoms with Crippen molar-refractivity contribution in [2.75, 3.05) is 10.6 Å². The zero-order valence-corrected chi connectivity index (χ0v) is 17.4. The molecule has 4 rings (SSSR count). The Morgan fingerprint density at radius 1 is 0.839 bits per heavy atom. The van der Waals surface area contributed by atoms with Gasteiger partial charge in [0, 0.05) is 22.6 Å². The predicted octanol–water partition coefficient (Wildman–Crippen LogP) is 5.13. The van der Waals surface area contributed by atoms with Crippen molar-refractivity contribution in [2.24, 2.45) is 0 Å². The van der Waals surface area contributed by atoms with E-state index < -0.39 is 15.8 Å². The van der Waals surface area contributed by atoms with Gasteiger partial charge in [0.25, 0.3) is 0 Å². The van der Waals surface area contributed by atoms with E-state index in [1.54, 1.807) is 48.5 Å². The highest BCUT2D eigenvalue weighted by Gasteiger charge is 2.16. The van der Waals surface area contributed by atoms with Gasteiger partial charge in [-0.3, -0.25) is 0 Å². The Hall–Kier alpha value is -3.82. The van der Waals surface area contributed by atoms with Crippen molar-refractivity contribution in [1.82, 2.24) is 0 Å². The van der Waals surface area contributed by atoms with E-state index in [1.165, 1.54) is 18.2 Å². The van der Waals surface area contributed by atoms with E-state index in [2.05, 4.69) is 12.0 Å². The molecule has 0 aromatic heterocycles. The van der Waals surface area contributed by atoms with Crippen LogP contribution in [0.5, 0.6) is 5.75 Å². The largest absolute Gasteiger partial charge is 0.507 e. The fraction of sp³-hybridized carbons (Fsp3) is 0.0400. The molecule has 4 aromatic rings. The van der Waals surface area contributed by atoms with Gasteiger partial charge in [-0.2, -0.15) is 4.31 Å². The molecule has 4 nitrogen and oxygen atoms in total. The number of fused-ring (bicyclic) bond motifs is 1. The van der Waals surface area contributed by atoms with Crippen molar-refractivity contribution < 1.29 is 17.9 Å². The van der Waals surface area contributed by atoms with E-state index in [0.29, 0.717) is 27.8 Å². The Labute approximate surface area is 180 Å². The number of phenols is 1. The first-order valence-corrected chi connectivity index (χ1v) is 11.3. The van der Waals surface area contributed by atoms with Gasteiger partial charge >= 0.3 is 0 Å². The molecule has 4 aromatic carbocycles. The van der Waals surface area contributed by atoms with Gasteiger partial charge in [-0.25, -0.2) is 12.8 Å². The average molecular weight is 431 g/mol. The third-order valence-corrected chi connectivity index (χ3v) is 5.75. The lowest BCUT2D eigenvalue weighted by Gasteiger charge is -2.15. The second-order valence-corrected chi connectivity index (χ2v) is 8.80. The first-order valence-electron chi connectivity index (χ1n) is 9.42. The second kappa shape index (κ2) is 8.13. The van der Waals surface area contributed by atoms with Gasteiger partial charge in [-0.1, -0.05) is 48.5 Å². The van der Waals surface area contributed by atoms with Crippen LogP contribution in [0.1, 0.15) is 5.56 Å². The Kier molecular flexibility index (Phi) is 5.37. The molecule has 0 atom stereocenters. The summed E-state index contributed by atoms with van der Waals surface area (Å²) in [4.78, 5) is 0. The quantitative estimate of drug-likeness (QED) is 0.362. The number of halogens is 1. The van der Waals surface area contributed by atoms with Crippen LogP contribution in [0.25, 0.3) is 21.9 Å². The van der Waals surface area contributed by atoms with E-state index in [9.17, 15) is 17.9 Å². The lowest BCUT2D eigenvalue weighted by atomic mass is 9.94. The first kappa shape index (κ1) is 20.5. The zero-order valence-electron chi connectivity index (χ0n) is 16.6. The Balaban J connectivity index is 1.90. The minimum Gasteiger partial charge on any atom is -0.507 e. The number of anilines is 1. The SMILES string of the molecule is CS(=O)(=O)N(C#Cc1ccc(F)cc1-c1ccc(O)c2ccccc12)c1ccccc1. The van der Waals surface area contributed by atoms with Crippen molar-refractivity contribution in [3.8, 4) is 28.8 Å². The maximum absolute atomic E-state index is 14.2. The molecule has 0 bridgehead atoms. The Morgan fingerprint density at radius 2 is 1.52 bits per heavy atom. The van der Waals surface area contributed by atoms with Gasteiger partial charge in [0.05, 0.1) is 11.9 Å². The van der Waals surface area contributed by atoms with Crippen LogP contribution in [0.4, 0.5) is 10.1 Å². The number of para-hydroxylation sites is 1. The first-order chi connectivity index (χ1) is 14.8. The second-order valence-electron chi connectivity index (χ2n) is 6.97. The molecule has 1 N–H and O–H groups in total. The third kappa shape index (κ3) is 4.23. The van der Waals surface area contributed by atoms with Crippen molar-refractivity contribution in [3.63, 3.8) is 0 Å². The number of benzene rings is 4. The Morgan fingerprint density at radius 3 is 2.23 bits per heavy atom. The van der Waals surface area contributed by atoms with Gasteiger partial charge in [-0.05, 0) is 53.3 Å². The summed E-state index contributed by atoms with van der Waals surface area (Å²) in [6.07, 6.45) is 1.08. The summed E-state index contributed by atoms with van der Waals surface area (Å²) >= 11 is 0. The summed E-state index contributed by atoms with van der Waals surface area (Å²) in [7, 11) is -3.66. The topological polar surface area (TPSA) is 57.6 Å². The minimum atomic E-state index is -3.66. The number of sulfonamides is 1. The number of nitrogens with zero attached hydrogens (tertiary/aromatic N) is 1. The summed E-state index contributed by atoms with van der Waals surface area (Å²) in [5, 5.41) is 11.5. The number of phenolic OH excluding ortho intramolecular Hbond substituents is 1. The highest BCUT2D eigenvalue weighted by atomic mass is 32.2. The van der Waals surface area contributed by atoms with Gasteiger partial charge in [-0.15, -0.1) is 0 Å². The molecule has 0 aliphatic rings. The number of aromatic hydroxyl groups is 1. The summed E-state index contributed by atoms with van der Waals surface area (Å²) in [5.41, 5.74) is 2.06. The van der Waals surface area contributed by atoms with Crippen LogP contribution in [-0.2, 0) is 10.0 Å². The molecule has 0 saturated carbocycles. The van der Waals surface area contributed by atoms with E-state index >= 15 is 0 Å². The van der Waals surface area contributed by atoms with Gasteiger partial charge in [0.15, 0.2) is 0 Å². The fourth-order valence-corrected chi connectivity index (χ4v) is 4.10. The molecule has 0 unspecified atom stereocenters. The molecule has 0 fully saturated rings. The average Bonchev–Trinajstić information content (AvgIpc) is 2.75. The molecule has 154 valence electrons. The van der Waals surface area contributed by atoms with Crippen LogP contribution >= 0.6 is 0 Å². The minimum absolute atomic E-state index is 0.121. The van der Waals surface area contributed by atoms with Crippen molar-refractivity contribution >= 4 is 26.5 Å². The van der Waals surface area contributed by atoms with Crippen molar-refractivity contribution in [3.05, 3.63) is 96.3 Å². The third-order valence-electron chi connectivity index (χ3n) is 4.79. The molecule has 0 spiro atoms. The van der Waals surface area contributed by atoms with Crippen molar-refractivity contribution in [2.45, 2.75) is 0 Å². The Bertz CT molecular complexity index is 1440. The van der Waals surface area contributed by atoms with Gasteiger partial charge < -0.3 is 5.11 Å². The van der Waals surface area contributed by atoms with Crippen LogP contribution < -0.4 is 4.31 Å².